The Labute approximate surface area is 125 Å². The van der Waals surface area contributed by atoms with Crippen LogP contribution < -0.4 is 0 Å². The molecule has 23 heavy (non-hydrogen) atoms. The first kappa shape index (κ1) is 19.8. The van der Waals surface area contributed by atoms with Crippen LogP contribution in [0.1, 0.15) is 0 Å². The van der Waals surface area contributed by atoms with E-state index in [0.717, 1.165) is 0 Å². The van der Waals surface area contributed by atoms with Gasteiger partial charge in [-0.25, -0.2) is 0 Å². The normalized spacial score (nSPS) is 10.2. The van der Waals surface area contributed by atoms with Crippen LogP contribution in [-0.2, 0) is 24.1 Å². The fourth-order valence-corrected chi connectivity index (χ4v) is 1.10. The van der Waals surface area contributed by atoms with E-state index < -0.39 is 59.0 Å². The van der Waals surface area contributed by atoms with Crippen LogP contribution in [0.15, 0.2) is 0 Å². The average molecular weight is 346 g/mol. The van der Waals surface area contributed by atoms with E-state index in [1.54, 1.807) is 0 Å². The van der Waals surface area contributed by atoms with Crippen molar-refractivity contribution in [2.45, 2.75) is 12.2 Å². The fraction of sp³-hybridized carbons (Fsp3) is 1.00. The summed E-state index contributed by atoms with van der Waals surface area (Å²) in [5, 5.41) is 35.4. The topological polar surface area (TPSA) is 219 Å². The van der Waals surface area contributed by atoms with Crippen LogP contribution >= 0.6 is 0 Å². The molecule has 0 aromatic carbocycles. The molecule has 0 aromatic rings. The van der Waals surface area contributed by atoms with Crippen LogP contribution in [0.2, 0.25) is 0 Å². The van der Waals surface area contributed by atoms with Crippen molar-refractivity contribution in [2.75, 3.05) is 26.4 Å². The third-order valence-electron chi connectivity index (χ3n) is 1.85. The summed E-state index contributed by atoms with van der Waals surface area (Å²) in [5.74, 6) is 0. The summed E-state index contributed by atoms with van der Waals surface area (Å²) in [6, 6.07) is 0. The summed E-state index contributed by atoms with van der Waals surface area (Å²) in [6.07, 6.45) is -2.91. The van der Waals surface area contributed by atoms with Crippen LogP contribution in [-0.4, -0.2) is 59.0 Å². The molecule has 0 heterocycles. The minimum atomic E-state index is -1.46. The zero-order valence-electron chi connectivity index (χ0n) is 11.1. The number of hydrogen-bond acceptors (Lipinski definition) is 13. The summed E-state index contributed by atoms with van der Waals surface area (Å²) in [6.45, 7) is -3.36. The van der Waals surface area contributed by atoms with Crippen LogP contribution in [0, 0.1) is 40.5 Å². The quantitative estimate of drug-likeness (QED) is 0.260. The third kappa shape index (κ3) is 12.2. The van der Waals surface area contributed by atoms with Crippen molar-refractivity contribution < 1.29 is 44.4 Å². The van der Waals surface area contributed by atoms with Gasteiger partial charge in [-0.1, -0.05) is 0 Å². The van der Waals surface area contributed by atoms with Gasteiger partial charge in [-0.05, 0) is 0 Å². The molecule has 0 unspecified atom stereocenters. The van der Waals surface area contributed by atoms with Crippen molar-refractivity contribution >= 4 is 0 Å². The molecule has 0 bridgehead atoms. The van der Waals surface area contributed by atoms with E-state index in [1.165, 1.54) is 0 Å². The van der Waals surface area contributed by atoms with Crippen LogP contribution in [0.3, 0.4) is 0 Å². The Morgan fingerprint density at radius 3 is 0.957 bits per heavy atom. The number of nitrogens with zero attached hydrogens (tertiary/aromatic N) is 4. The second kappa shape index (κ2) is 10.5. The Morgan fingerprint density at radius 1 is 0.565 bits per heavy atom. The maximum absolute atomic E-state index is 10.1. The first-order valence-corrected chi connectivity index (χ1v) is 5.45. The molecule has 0 aliphatic heterocycles. The summed E-state index contributed by atoms with van der Waals surface area (Å²) < 4.78 is 4.93. The maximum Gasteiger partial charge on any atom is 0.294 e. The monoisotopic (exact) mass is 346 g/mol. The highest BCUT2D eigenvalue weighted by Crippen LogP contribution is 2.04. The Bertz CT molecular complexity index is 355. The van der Waals surface area contributed by atoms with Gasteiger partial charge in [-0.3, -0.25) is 0 Å². The van der Waals surface area contributed by atoms with E-state index in [9.17, 15) is 40.5 Å². The van der Waals surface area contributed by atoms with Crippen molar-refractivity contribution in [1.82, 2.24) is 0 Å². The van der Waals surface area contributed by atoms with Crippen molar-refractivity contribution in [1.29, 1.82) is 0 Å². The van der Waals surface area contributed by atoms with Crippen molar-refractivity contribution in [3.8, 4) is 0 Å². The lowest BCUT2D eigenvalue weighted by atomic mass is 10.3. The van der Waals surface area contributed by atoms with Gasteiger partial charge in [0.15, 0.2) is 0 Å². The van der Waals surface area contributed by atoms with Crippen molar-refractivity contribution in [3.05, 3.63) is 40.5 Å². The number of rotatable bonds is 14. The van der Waals surface area contributed by atoms with Gasteiger partial charge in [0, 0.05) is 0 Å². The lowest BCUT2D eigenvalue weighted by molar-refractivity contribution is -0.773. The minimum absolute atomic E-state index is 0.839. The molecule has 0 radical (unpaired) electrons. The van der Waals surface area contributed by atoms with Gasteiger partial charge in [-0.2, -0.15) is 0 Å². The van der Waals surface area contributed by atoms with E-state index in [-0.39, 0.29) is 0 Å². The van der Waals surface area contributed by atoms with E-state index in [1.807, 2.05) is 0 Å². The highest BCUT2D eigenvalue weighted by atomic mass is 17.0. The lowest BCUT2D eigenvalue weighted by Gasteiger charge is -2.22. The molecular formula is C6H10N4O13. The maximum atomic E-state index is 10.1. The lowest BCUT2D eigenvalue weighted by Crippen LogP contribution is -2.37. The Balaban J connectivity index is 4.67. The van der Waals surface area contributed by atoms with Crippen LogP contribution in [0.4, 0.5) is 0 Å². The Hall–Kier alpha value is -3.24. The predicted octanol–water partition coefficient (Wildman–Crippen LogP) is -1.43. The molecule has 17 nitrogen and oxygen atoms in total. The molecular weight excluding hydrogens is 336 g/mol. The van der Waals surface area contributed by atoms with E-state index in [2.05, 4.69) is 19.4 Å². The smallest absolute Gasteiger partial charge is 0.294 e. The highest BCUT2D eigenvalue weighted by Gasteiger charge is 2.22. The zero-order valence-corrected chi connectivity index (χ0v) is 11.1. The van der Waals surface area contributed by atoms with Gasteiger partial charge in [0.1, 0.15) is 38.6 Å². The molecule has 0 N–H and O–H groups in total. The van der Waals surface area contributed by atoms with Gasteiger partial charge in [0.2, 0.25) is 0 Å². The predicted molar refractivity (Wildman–Crippen MR) is 60.4 cm³/mol. The molecule has 132 valence electrons. The molecule has 0 saturated carbocycles. The molecule has 0 rings (SSSR count). The molecule has 0 aliphatic rings. The largest absolute Gasteiger partial charge is 0.367 e. The van der Waals surface area contributed by atoms with E-state index in [0.29, 0.717) is 0 Å². The van der Waals surface area contributed by atoms with Gasteiger partial charge in [0.05, 0.1) is 0 Å². The first-order valence-electron chi connectivity index (χ1n) is 5.45. The minimum Gasteiger partial charge on any atom is -0.367 e. The van der Waals surface area contributed by atoms with Gasteiger partial charge < -0.3 is 24.1 Å². The fourth-order valence-electron chi connectivity index (χ4n) is 1.10. The van der Waals surface area contributed by atoms with Crippen LogP contribution in [0.5, 0.6) is 0 Å². The van der Waals surface area contributed by atoms with Crippen molar-refractivity contribution in [3.63, 3.8) is 0 Å². The molecule has 0 aromatic heterocycles. The van der Waals surface area contributed by atoms with Crippen molar-refractivity contribution in [2.24, 2.45) is 0 Å². The van der Waals surface area contributed by atoms with E-state index >= 15 is 0 Å². The zero-order chi connectivity index (χ0) is 17.8. The Morgan fingerprint density at radius 2 is 0.783 bits per heavy atom. The molecule has 0 atom stereocenters. The number of hydrogen-bond donors (Lipinski definition) is 0. The highest BCUT2D eigenvalue weighted by molar-refractivity contribution is 4.61. The Kier molecular flexibility index (Phi) is 9.01. The summed E-state index contributed by atoms with van der Waals surface area (Å²) in [4.78, 5) is 56.1. The standard InChI is InChI=1S/C6H10N4O13/c11-7(12)19-1-5(2-20-8(13)14)23-6(3-21-9(15)16)4-22-10(17)18/h5-6H,1-4H2. The third-order valence-corrected chi connectivity index (χ3v) is 1.85. The van der Waals surface area contributed by atoms with Gasteiger partial charge in [-0.15, -0.1) is 40.5 Å². The second-order valence-electron chi connectivity index (χ2n) is 3.46. The SMILES string of the molecule is O=[N+]([O-])OCC(CO[N+](=O)[O-])OC(CO[N+](=O)[O-])CO[N+](=O)[O-]. The summed E-state index contributed by atoms with van der Waals surface area (Å²) in [7, 11) is 0. The molecule has 0 amide bonds. The van der Waals surface area contributed by atoms with Crippen LogP contribution in [0.25, 0.3) is 0 Å². The molecule has 0 spiro atoms. The number of ether oxygens (including phenoxy) is 1. The van der Waals surface area contributed by atoms with Gasteiger partial charge >= 0.3 is 0 Å². The molecule has 0 fully saturated rings. The molecule has 0 saturated heterocycles. The molecule has 17 heteroatoms. The van der Waals surface area contributed by atoms with Gasteiger partial charge in [0.25, 0.3) is 20.3 Å². The second-order valence-corrected chi connectivity index (χ2v) is 3.46. The molecule has 0 aliphatic carbocycles. The average Bonchev–Trinajstić information content (AvgIpc) is 2.43. The first-order chi connectivity index (χ1) is 10.7. The van der Waals surface area contributed by atoms with E-state index in [4.69, 9.17) is 4.74 Å². The summed E-state index contributed by atoms with van der Waals surface area (Å²) >= 11 is 0. The summed E-state index contributed by atoms with van der Waals surface area (Å²) in [5.41, 5.74) is 0.